The van der Waals surface area contributed by atoms with Gasteiger partial charge in [-0.15, -0.1) is 0 Å². The minimum Gasteiger partial charge on any atom is -0.357 e. The van der Waals surface area contributed by atoms with Crippen molar-refractivity contribution in [2.75, 3.05) is 31.6 Å². The lowest BCUT2D eigenvalue weighted by atomic mass is 10.1. The number of amides is 1. The molecule has 6 heteroatoms. The Kier molecular flexibility index (Phi) is 3.81. The molecule has 0 radical (unpaired) electrons. The Morgan fingerprint density at radius 3 is 3.24 bits per heavy atom. The minimum atomic E-state index is -0.263. The van der Waals surface area contributed by atoms with Crippen molar-refractivity contribution in [3.8, 4) is 0 Å². The number of hydrogen-bond acceptors (Lipinski definition) is 4. The van der Waals surface area contributed by atoms with Crippen LogP contribution in [0.3, 0.4) is 0 Å². The Morgan fingerprint density at radius 2 is 2.53 bits per heavy atom. The van der Waals surface area contributed by atoms with Crippen LogP contribution in [0, 0.1) is 0 Å². The number of nitrogens with zero attached hydrogens (tertiary/aromatic N) is 2. The molecule has 1 unspecified atom stereocenters. The number of aromatic nitrogens is 1. The van der Waals surface area contributed by atoms with E-state index in [1.807, 2.05) is 4.90 Å². The molecule has 1 saturated heterocycles. The molecule has 17 heavy (non-hydrogen) atoms. The number of hydrogen-bond donors (Lipinski definition) is 2. The van der Waals surface area contributed by atoms with Gasteiger partial charge >= 0.3 is 0 Å². The smallest absolute Gasteiger partial charge is 0.243 e. The Morgan fingerprint density at radius 1 is 1.71 bits per heavy atom. The molecule has 0 aliphatic carbocycles. The summed E-state index contributed by atoms with van der Waals surface area (Å²) >= 11 is 6.11. The van der Waals surface area contributed by atoms with Crippen LogP contribution < -0.4 is 15.5 Å². The van der Waals surface area contributed by atoms with E-state index in [0.29, 0.717) is 17.4 Å². The third kappa shape index (κ3) is 2.50. The molecular weight excluding hydrogens is 240 g/mol. The van der Waals surface area contributed by atoms with Gasteiger partial charge in [-0.1, -0.05) is 11.6 Å². The van der Waals surface area contributed by atoms with Crippen molar-refractivity contribution in [3.63, 3.8) is 0 Å². The summed E-state index contributed by atoms with van der Waals surface area (Å²) in [4.78, 5) is 18.0. The van der Waals surface area contributed by atoms with Gasteiger partial charge in [-0.3, -0.25) is 4.79 Å². The molecule has 2 heterocycles. The highest BCUT2D eigenvalue weighted by molar-refractivity contribution is 6.33. The van der Waals surface area contributed by atoms with Crippen molar-refractivity contribution in [2.45, 2.75) is 6.04 Å². The summed E-state index contributed by atoms with van der Waals surface area (Å²) in [5.41, 5.74) is 0. The highest BCUT2D eigenvalue weighted by Crippen LogP contribution is 2.24. The van der Waals surface area contributed by atoms with E-state index in [4.69, 9.17) is 11.6 Å². The second-order valence-electron chi connectivity index (χ2n) is 3.84. The van der Waals surface area contributed by atoms with Gasteiger partial charge in [0.25, 0.3) is 0 Å². The van der Waals surface area contributed by atoms with E-state index in [0.717, 1.165) is 13.1 Å². The highest BCUT2D eigenvalue weighted by atomic mass is 35.5. The fourth-order valence-electron chi connectivity index (χ4n) is 1.95. The molecule has 1 aliphatic heterocycles. The number of carbonyl (C=O) groups excluding carboxylic acids is 1. The maximum Gasteiger partial charge on any atom is 0.243 e. The van der Waals surface area contributed by atoms with Gasteiger partial charge in [0, 0.05) is 32.9 Å². The molecule has 0 spiro atoms. The van der Waals surface area contributed by atoms with Crippen molar-refractivity contribution in [3.05, 3.63) is 23.4 Å². The van der Waals surface area contributed by atoms with E-state index >= 15 is 0 Å². The molecule has 0 saturated carbocycles. The molecule has 5 nitrogen and oxygen atoms in total. The zero-order chi connectivity index (χ0) is 12.3. The summed E-state index contributed by atoms with van der Waals surface area (Å²) in [5.74, 6) is 0.642. The number of pyridine rings is 1. The van der Waals surface area contributed by atoms with Crippen LogP contribution in [-0.2, 0) is 4.79 Å². The largest absolute Gasteiger partial charge is 0.357 e. The van der Waals surface area contributed by atoms with Gasteiger partial charge in [0.1, 0.15) is 11.9 Å². The number of nitrogens with one attached hydrogen (secondary N) is 2. The fourth-order valence-corrected chi connectivity index (χ4v) is 2.18. The van der Waals surface area contributed by atoms with Crippen molar-refractivity contribution in [1.82, 2.24) is 15.6 Å². The van der Waals surface area contributed by atoms with E-state index in [1.165, 1.54) is 0 Å². The molecule has 1 aliphatic rings. The zero-order valence-electron chi connectivity index (χ0n) is 9.61. The predicted molar refractivity (Wildman–Crippen MR) is 67.3 cm³/mol. The summed E-state index contributed by atoms with van der Waals surface area (Å²) in [5, 5.41) is 6.43. The van der Waals surface area contributed by atoms with Crippen LogP contribution in [0.25, 0.3) is 0 Å². The van der Waals surface area contributed by atoms with E-state index in [2.05, 4.69) is 15.6 Å². The molecule has 1 aromatic heterocycles. The van der Waals surface area contributed by atoms with Crippen molar-refractivity contribution in [2.24, 2.45) is 0 Å². The number of anilines is 1. The van der Waals surface area contributed by atoms with Crippen LogP contribution in [0.5, 0.6) is 0 Å². The molecule has 1 fully saturated rings. The molecule has 1 amide bonds. The van der Waals surface area contributed by atoms with Crippen molar-refractivity contribution < 1.29 is 4.79 Å². The first-order valence-electron chi connectivity index (χ1n) is 5.53. The van der Waals surface area contributed by atoms with Crippen molar-refractivity contribution in [1.29, 1.82) is 0 Å². The van der Waals surface area contributed by atoms with Gasteiger partial charge in [0.05, 0.1) is 5.02 Å². The Labute approximate surface area is 105 Å². The standard InChI is InChI=1S/C11H15ClN4O/c1-13-11(17)9-7-14-5-6-16(9)10-8(12)3-2-4-15-10/h2-4,9,14H,5-7H2,1H3,(H,13,17). The SMILES string of the molecule is CNC(=O)C1CNCCN1c1ncccc1Cl. The third-order valence-corrected chi connectivity index (χ3v) is 3.10. The quantitative estimate of drug-likeness (QED) is 0.795. The summed E-state index contributed by atoms with van der Waals surface area (Å²) in [6.45, 7) is 2.14. The van der Waals surface area contributed by atoms with Crippen LogP contribution in [0.1, 0.15) is 0 Å². The minimum absolute atomic E-state index is 0.0288. The van der Waals surface area contributed by atoms with Crippen LogP contribution in [-0.4, -0.2) is 43.6 Å². The number of carbonyl (C=O) groups is 1. The van der Waals surface area contributed by atoms with Crippen LogP contribution in [0.2, 0.25) is 5.02 Å². The normalized spacial score (nSPS) is 20.1. The van der Waals surface area contributed by atoms with Gasteiger partial charge in [-0.25, -0.2) is 4.98 Å². The Balaban J connectivity index is 2.28. The average Bonchev–Trinajstić information content (AvgIpc) is 2.38. The lowest BCUT2D eigenvalue weighted by Gasteiger charge is -2.36. The first-order chi connectivity index (χ1) is 8.24. The fraction of sp³-hybridized carbons (Fsp3) is 0.455. The number of rotatable bonds is 2. The van der Waals surface area contributed by atoms with E-state index in [9.17, 15) is 4.79 Å². The molecule has 1 atom stereocenters. The Hall–Kier alpha value is -1.33. The van der Waals surface area contributed by atoms with E-state index < -0.39 is 0 Å². The van der Waals surface area contributed by atoms with E-state index in [-0.39, 0.29) is 11.9 Å². The number of likely N-dealkylation sites (N-methyl/N-ethyl adjacent to an activating group) is 1. The lowest BCUT2D eigenvalue weighted by Crippen LogP contribution is -2.58. The van der Waals surface area contributed by atoms with Crippen LogP contribution in [0.15, 0.2) is 18.3 Å². The summed E-state index contributed by atoms with van der Waals surface area (Å²) in [6.07, 6.45) is 1.68. The highest BCUT2D eigenvalue weighted by Gasteiger charge is 2.29. The van der Waals surface area contributed by atoms with Crippen LogP contribution >= 0.6 is 11.6 Å². The van der Waals surface area contributed by atoms with Gasteiger partial charge < -0.3 is 15.5 Å². The molecule has 2 rings (SSSR count). The molecule has 2 N–H and O–H groups in total. The van der Waals surface area contributed by atoms with Crippen LogP contribution in [0.4, 0.5) is 5.82 Å². The maximum atomic E-state index is 11.8. The lowest BCUT2D eigenvalue weighted by molar-refractivity contribution is -0.122. The Bertz CT molecular complexity index is 412. The molecule has 0 aromatic carbocycles. The molecule has 0 bridgehead atoms. The maximum absolute atomic E-state index is 11.8. The summed E-state index contributed by atoms with van der Waals surface area (Å²) in [6, 6.07) is 3.30. The second-order valence-corrected chi connectivity index (χ2v) is 4.24. The third-order valence-electron chi connectivity index (χ3n) is 2.80. The monoisotopic (exact) mass is 254 g/mol. The van der Waals surface area contributed by atoms with Gasteiger partial charge in [0.15, 0.2) is 0 Å². The van der Waals surface area contributed by atoms with Gasteiger partial charge in [-0.05, 0) is 12.1 Å². The number of piperazine rings is 1. The first-order valence-corrected chi connectivity index (χ1v) is 5.91. The molecule has 1 aromatic rings. The summed E-state index contributed by atoms with van der Waals surface area (Å²) < 4.78 is 0. The van der Waals surface area contributed by atoms with Crippen molar-refractivity contribution >= 4 is 23.3 Å². The second kappa shape index (κ2) is 5.33. The molecule has 92 valence electrons. The topological polar surface area (TPSA) is 57.3 Å². The molecular formula is C11H15ClN4O. The predicted octanol–water partition coefficient (Wildman–Crippen LogP) is 0.259. The van der Waals surface area contributed by atoms with E-state index in [1.54, 1.807) is 25.4 Å². The van der Waals surface area contributed by atoms with Gasteiger partial charge in [-0.2, -0.15) is 0 Å². The van der Waals surface area contributed by atoms with Gasteiger partial charge in [0.2, 0.25) is 5.91 Å². The first kappa shape index (κ1) is 12.1. The average molecular weight is 255 g/mol. The summed E-state index contributed by atoms with van der Waals surface area (Å²) in [7, 11) is 1.63. The zero-order valence-corrected chi connectivity index (χ0v) is 10.4. The number of halogens is 1.